The van der Waals surface area contributed by atoms with Gasteiger partial charge in [0.1, 0.15) is 17.7 Å². The van der Waals surface area contributed by atoms with E-state index in [1.165, 1.54) is 37.7 Å². The first-order chi connectivity index (χ1) is 9.78. The summed E-state index contributed by atoms with van der Waals surface area (Å²) in [6.45, 7) is 2.24. The molecule has 1 fully saturated rings. The first-order valence-corrected chi connectivity index (χ1v) is 7.87. The number of aromatic nitrogens is 1. The SMILES string of the molecule is CC1CCCCC1Oc1nc2c(cc1C#N)CCCC2. The molecule has 106 valence electrons. The third kappa shape index (κ3) is 2.65. The normalized spacial score (nSPS) is 25.6. The predicted octanol–water partition coefficient (Wildman–Crippen LogP) is 3.79. The maximum Gasteiger partial charge on any atom is 0.232 e. The van der Waals surface area contributed by atoms with Crippen LogP contribution in [0.25, 0.3) is 0 Å². The second kappa shape index (κ2) is 5.83. The van der Waals surface area contributed by atoms with Crippen molar-refractivity contribution in [1.29, 1.82) is 5.26 Å². The highest BCUT2D eigenvalue weighted by Crippen LogP contribution is 2.31. The number of hydrogen-bond donors (Lipinski definition) is 0. The Hall–Kier alpha value is -1.56. The molecule has 1 heterocycles. The van der Waals surface area contributed by atoms with Gasteiger partial charge in [0.15, 0.2) is 0 Å². The van der Waals surface area contributed by atoms with Crippen molar-refractivity contribution in [2.45, 2.75) is 64.4 Å². The molecule has 20 heavy (non-hydrogen) atoms. The third-order valence-corrected chi connectivity index (χ3v) is 4.68. The van der Waals surface area contributed by atoms with Gasteiger partial charge in [0.25, 0.3) is 0 Å². The van der Waals surface area contributed by atoms with Crippen LogP contribution in [-0.4, -0.2) is 11.1 Å². The van der Waals surface area contributed by atoms with Crippen LogP contribution in [0.1, 0.15) is 62.3 Å². The average Bonchev–Trinajstić information content (AvgIpc) is 2.49. The molecule has 2 aliphatic rings. The third-order valence-electron chi connectivity index (χ3n) is 4.68. The highest BCUT2D eigenvalue weighted by Gasteiger charge is 2.25. The van der Waals surface area contributed by atoms with Crippen LogP contribution in [0.2, 0.25) is 0 Å². The quantitative estimate of drug-likeness (QED) is 0.821. The number of ether oxygens (including phenoxy) is 1. The van der Waals surface area contributed by atoms with Crippen LogP contribution in [0.5, 0.6) is 5.88 Å². The second-order valence-electron chi connectivity index (χ2n) is 6.18. The minimum atomic E-state index is 0.227. The van der Waals surface area contributed by atoms with Crippen molar-refractivity contribution >= 4 is 0 Å². The molecule has 0 bridgehead atoms. The van der Waals surface area contributed by atoms with Gasteiger partial charge in [0.05, 0.1) is 0 Å². The Kier molecular flexibility index (Phi) is 3.91. The van der Waals surface area contributed by atoms with Crippen LogP contribution in [0, 0.1) is 17.2 Å². The van der Waals surface area contributed by atoms with Crippen LogP contribution < -0.4 is 4.74 Å². The first-order valence-electron chi connectivity index (χ1n) is 7.87. The second-order valence-corrected chi connectivity index (χ2v) is 6.18. The summed E-state index contributed by atoms with van der Waals surface area (Å²) in [7, 11) is 0. The summed E-state index contributed by atoms with van der Waals surface area (Å²) in [6.07, 6.45) is 9.54. The van der Waals surface area contributed by atoms with E-state index in [1.807, 2.05) is 6.07 Å². The summed E-state index contributed by atoms with van der Waals surface area (Å²) < 4.78 is 6.12. The van der Waals surface area contributed by atoms with E-state index in [4.69, 9.17) is 4.74 Å². The zero-order valence-electron chi connectivity index (χ0n) is 12.2. The van der Waals surface area contributed by atoms with Crippen molar-refractivity contribution < 1.29 is 4.74 Å². The van der Waals surface area contributed by atoms with Crippen LogP contribution >= 0.6 is 0 Å². The van der Waals surface area contributed by atoms with Gasteiger partial charge in [-0.3, -0.25) is 0 Å². The smallest absolute Gasteiger partial charge is 0.232 e. The predicted molar refractivity (Wildman–Crippen MR) is 77.6 cm³/mol. The molecule has 0 amide bonds. The van der Waals surface area contributed by atoms with Gasteiger partial charge in [0, 0.05) is 5.69 Å². The summed E-state index contributed by atoms with van der Waals surface area (Å²) in [5.41, 5.74) is 3.01. The fourth-order valence-electron chi connectivity index (χ4n) is 3.39. The van der Waals surface area contributed by atoms with Crippen molar-refractivity contribution in [3.63, 3.8) is 0 Å². The van der Waals surface area contributed by atoms with Crippen LogP contribution in [0.15, 0.2) is 6.07 Å². The van der Waals surface area contributed by atoms with Gasteiger partial charge in [-0.15, -0.1) is 0 Å². The van der Waals surface area contributed by atoms with Gasteiger partial charge >= 0.3 is 0 Å². The molecule has 0 aromatic carbocycles. The summed E-state index contributed by atoms with van der Waals surface area (Å²) in [5, 5.41) is 9.35. The molecule has 3 heteroatoms. The van der Waals surface area contributed by atoms with Gasteiger partial charge in [0.2, 0.25) is 5.88 Å². The van der Waals surface area contributed by atoms with Gasteiger partial charge in [-0.2, -0.15) is 5.26 Å². The molecule has 1 aromatic rings. The number of pyridine rings is 1. The molecule has 1 saturated carbocycles. The van der Waals surface area contributed by atoms with E-state index in [0.717, 1.165) is 25.0 Å². The Labute approximate surface area is 121 Å². The van der Waals surface area contributed by atoms with Crippen LogP contribution in [0.3, 0.4) is 0 Å². The standard InChI is InChI=1S/C17H22N2O/c1-12-6-2-5-9-16(12)20-17-14(11-18)10-13-7-3-4-8-15(13)19-17/h10,12,16H,2-9H2,1H3. The number of fused-ring (bicyclic) bond motifs is 1. The van der Waals surface area contributed by atoms with E-state index in [-0.39, 0.29) is 6.10 Å². The lowest BCUT2D eigenvalue weighted by molar-refractivity contribution is 0.0969. The molecule has 3 nitrogen and oxygen atoms in total. The molecule has 0 aliphatic heterocycles. The highest BCUT2D eigenvalue weighted by atomic mass is 16.5. The Bertz CT molecular complexity index is 533. The molecule has 0 spiro atoms. The molecule has 0 N–H and O–H groups in total. The van der Waals surface area contributed by atoms with E-state index < -0.39 is 0 Å². The largest absolute Gasteiger partial charge is 0.473 e. The average molecular weight is 270 g/mol. The van der Waals surface area contributed by atoms with Crippen molar-refractivity contribution in [1.82, 2.24) is 4.98 Å². The maximum absolute atomic E-state index is 9.35. The molecule has 3 rings (SSSR count). The van der Waals surface area contributed by atoms with Gasteiger partial charge in [-0.25, -0.2) is 4.98 Å². The summed E-state index contributed by atoms with van der Waals surface area (Å²) in [6, 6.07) is 4.27. The van der Waals surface area contributed by atoms with Crippen molar-refractivity contribution in [2.75, 3.05) is 0 Å². The Morgan fingerprint density at radius 2 is 2.00 bits per heavy atom. The fourth-order valence-corrected chi connectivity index (χ4v) is 3.39. The van der Waals surface area contributed by atoms with E-state index in [2.05, 4.69) is 18.0 Å². The molecular weight excluding hydrogens is 248 g/mol. The first kappa shape index (κ1) is 13.4. The Morgan fingerprint density at radius 3 is 2.80 bits per heavy atom. The fraction of sp³-hybridized carbons (Fsp3) is 0.647. The van der Waals surface area contributed by atoms with E-state index in [0.29, 0.717) is 17.4 Å². The lowest BCUT2D eigenvalue weighted by Gasteiger charge is -2.29. The van der Waals surface area contributed by atoms with E-state index in [9.17, 15) is 5.26 Å². The highest BCUT2D eigenvalue weighted by molar-refractivity contribution is 5.43. The van der Waals surface area contributed by atoms with Crippen LogP contribution in [-0.2, 0) is 12.8 Å². The molecule has 2 aliphatic carbocycles. The molecule has 2 atom stereocenters. The number of aryl methyl sites for hydroxylation is 2. The Morgan fingerprint density at radius 1 is 1.20 bits per heavy atom. The molecule has 0 saturated heterocycles. The monoisotopic (exact) mass is 270 g/mol. The van der Waals surface area contributed by atoms with Crippen molar-refractivity contribution in [3.05, 3.63) is 22.9 Å². The lowest BCUT2D eigenvalue weighted by Crippen LogP contribution is -2.29. The minimum absolute atomic E-state index is 0.227. The molecule has 0 radical (unpaired) electrons. The number of hydrogen-bond acceptors (Lipinski definition) is 3. The minimum Gasteiger partial charge on any atom is -0.473 e. The zero-order chi connectivity index (χ0) is 13.9. The van der Waals surface area contributed by atoms with Gasteiger partial charge in [-0.05, 0) is 62.5 Å². The number of nitriles is 1. The van der Waals surface area contributed by atoms with Crippen molar-refractivity contribution in [3.8, 4) is 11.9 Å². The molecular formula is C17H22N2O. The number of nitrogens with zero attached hydrogens (tertiary/aromatic N) is 2. The van der Waals surface area contributed by atoms with Gasteiger partial charge in [-0.1, -0.05) is 13.3 Å². The van der Waals surface area contributed by atoms with Crippen LogP contribution in [0.4, 0.5) is 0 Å². The zero-order valence-corrected chi connectivity index (χ0v) is 12.2. The maximum atomic E-state index is 9.35. The van der Waals surface area contributed by atoms with E-state index >= 15 is 0 Å². The molecule has 2 unspecified atom stereocenters. The summed E-state index contributed by atoms with van der Waals surface area (Å²) in [5.74, 6) is 1.14. The molecule has 1 aromatic heterocycles. The Balaban J connectivity index is 1.86. The van der Waals surface area contributed by atoms with Gasteiger partial charge < -0.3 is 4.74 Å². The summed E-state index contributed by atoms with van der Waals surface area (Å²) in [4.78, 5) is 4.67. The van der Waals surface area contributed by atoms with E-state index in [1.54, 1.807) is 0 Å². The topological polar surface area (TPSA) is 45.9 Å². The number of rotatable bonds is 2. The van der Waals surface area contributed by atoms with Crippen molar-refractivity contribution in [2.24, 2.45) is 5.92 Å². The lowest BCUT2D eigenvalue weighted by atomic mass is 9.88. The summed E-state index contributed by atoms with van der Waals surface area (Å²) >= 11 is 0.